The van der Waals surface area contributed by atoms with Crippen LogP contribution < -0.4 is 15.2 Å². The predicted molar refractivity (Wildman–Crippen MR) is 105 cm³/mol. The van der Waals surface area contributed by atoms with Gasteiger partial charge in [0.05, 0.1) is 19.8 Å². The highest BCUT2D eigenvalue weighted by Crippen LogP contribution is 2.33. The van der Waals surface area contributed by atoms with Crippen LogP contribution >= 0.6 is 0 Å². The fourth-order valence-corrected chi connectivity index (χ4v) is 3.86. The number of methoxy groups -OCH3 is 2. The Morgan fingerprint density at radius 3 is 2.64 bits per heavy atom. The van der Waals surface area contributed by atoms with Crippen molar-refractivity contribution >= 4 is 5.91 Å². The lowest BCUT2D eigenvalue weighted by atomic mass is 9.96. The van der Waals surface area contributed by atoms with Gasteiger partial charge in [0.25, 0.3) is 5.91 Å². The number of piperidine rings is 1. The summed E-state index contributed by atoms with van der Waals surface area (Å²) in [7, 11) is 4.75. The van der Waals surface area contributed by atoms with Crippen LogP contribution in [0.2, 0.25) is 0 Å². The van der Waals surface area contributed by atoms with Crippen molar-refractivity contribution in [3.8, 4) is 11.5 Å². The van der Waals surface area contributed by atoms with Crippen LogP contribution in [0.15, 0.2) is 23.0 Å². The third-order valence-corrected chi connectivity index (χ3v) is 5.21. The molecule has 28 heavy (non-hydrogen) atoms. The van der Waals surface area contributed by atoms with Crippen LogP contribution in [0.4, 0.5) is 0 Å². The number of hydrogen-bond acceptors (Lipinski definition) is 5. The van der Waals surface area contributed by atoms with Gasteiger partial charge >= 0.3 is 5.69 Å². The minimum atomic E-state index is -0.122. The molecule has 1 aromatic carbocycles. The number of carbonyl (C=O) groups excluding carboxylic acids is 1. The van der Waals surface area contributed by atoms with Crippen LogP contribution in [0.25, 0.3) is 0 Å². The van der Waals surface area contributed by atoms with Gasteiger partial charge in [0.1, 0.15) is 5.82 Å². The molecule has 0 saturated carbocycles. The van der Waals surface area contributed by atoms with Crippen molar-refractivity contribution in [1.29, 1.82) is 0 Å². The maximum Gasteiger partial charge on any atom is 0.345 e. The standard InChI is InChI=1S/C20H28N4O4/c1-13(2)24-18(21-22(3)20(24)26)14-8-7-11-23(12-14)19(25)15-9-6-10-16(27-4)17(15)28-5/h6,9-10,13-14H,7-8,11-12H2,1-5H3. The molecule has 2 heterocycles. The number of hydrogen-bond donors (Lipinski definition) is 0. The van der Waals surface area contributed by atoms with Crippen LogP contribution in [-0.4, -0.2) is 52.5 Å². The minimum absolute atomic E-state index is 0.0146. The molecule has 8 heteroatoms. The highest BCUT2D eigenvalue weighted by Gasteiger charge is 2.31. The first-order valence-electron chi connectivity index (χ1n) is 9.54. The highest BCUT2D eigenvalue weighted by molar-refractivity contribution is 5.98. The molecule has 1 atom stereocenters. The molecule has 1 amide bonds. The molecule has 0 spiro atoms. The summed E-state index contributed by atoms with van der Waals surface area (Å²) < 4.78 is 13.8. The van der Waals surface area contributed by atoms with Crippen LogP contribution in [0, 0.1) is 0 Å². The van der Waals surface area contributed by atoms with E-state index in [0.29, 0.717) is 30.2 Å². The molecular formula is C20H28N4O4. The number of amides is 1. The van der Waals surface area contributed by atoms with E-state index in [4.69, 9.17) is 9.47 Å². The van der Waals surface area contributed by atoms with E-state index < -0.39 is 0 Å². The molecule has 0 aliphatic carbocycles. The Kier molecular flexibility index (Phi) is 5.76. The number of likely N-dealkylation sites (tertiary alicyclic amines) is 1. The van der Waals surface area contributed by atoms with Gasteiger partial charge in [-0.1, -0.05) is 6.07 Å². The summed E-state index contributed by atoms with van der Waals surface area (Å²) in [4.78, 5) is 27.4. The second-order valence-corrected chi connectivity index (χ2v) is 7.36. The quantitative estimate of drug-likeness (QED) is 0.785. The number of carbonyl (C=O) groups is 1. The largest absolute Gasteiger partial charge is 0.493 e. The van der Waals surface area contributed by atoms with Gasteiger partial charge in [0.2, 0.25) is 0 Å². The van der Waals surface area contributed by atoms with Crippen molar-refractivity contribution in [2.75, 3.05) is 27.3 Å². The maximum atomic E-state index is 13.2. The predicted octanol–water partition coefficient (Wildman–Crippen LogP) is 2.20. The Labute approximate surface area is 164 Å². The van der Waals surface area contributed by atoms with Gasteiger partial charge < -0.3 is 14.4 Å². The van der Waals surface area contributed by atoms with E-state index in [-0.39, 0.29) is 23.6 Å². The summed E-state index contributed by atoms with van der Waals surface area (Å²) in [6.07, 6.45) is 1.74. The summed E-state index contributed by atoms with van der Waals surface area (Å²) >= 11 is 0. The Morgan fingerprint density at radius 1 is 1.25 bits per heavy atom. The van der Waals surface area contributed by atoms with E-state index in [2.05, 4.69) is 5.10 Å². The molecule has 2 aromatic rings. The first kappa shape index (κ1) is 20.0. The van der Waals surface area contributed by atoms with Crippen molar-refractivity contribution in [2.45, 2.75) is 38.6 Å². The van der Waals surface area contributed by atoms with Crippen molar-refractivity contribution in [1.82, 2.24) is 19.2 Å². The Morgan fingerprint density at radius 2 is 2.00 bits per heavy atom. The molecule has 1 fully saturated rings. The number of benzene rings is 1. The van der Waals surface area contributed by atoms with Crippen molar-refractivity contribution in [2.24, 2.45) is 7.05 Å². The van der Waals surface area contributed by atoms with Gasteiger partial charge in [-0.15, -0.1) is 0 Å². The average molecular weight is 388 g/mol. The normalized spacial score (nSPS) is 17.1. The Bertz CT molecular complexity index is 915. The van der Waals surface area contributed by atoms with E-state index >= 15 is 0 Å². The number of aromatic nitrogens is 3. The molecule has 1 aromatic heterocycles. The Balaban J connectivity index is 1.90. The topological polar surface area (TPSA) is 78.6 Å². The maximum absolute atomic E-state index is 13.2. The number of para-hydroxylation sites is 1. The molecule has 1 unspecified atom stereocenters. The van der Waals surface area contributed by atoms with E-state index in [0.717, 1.165) is 18.7 Å². The second-order valence-electron chi connectivity index (χ2n) is 7.36. The van der Waals surface area contributed by atoms with Crippen LogP contribution in [0.3, 0.4) is 0 Å². The molecule has 1 aliphatic heterocycles. The average Bonchev–Trinajstić information content (AvgIpc) is 3.01. The number of ether oxygens (including phenoxy) is 2. The summed E-state index contributed by atoms with van der Waals surface area (Å²) in [5.74, 6) is 1.63. The lowest BCUT2D eigenvalue weighted by Crippen LogP contribution is -2.40. The highest BCUT2D eigenvalue weighted by atomic mass is 16.5. The number of aryl methyl sites for hydroxylation is 1. The molecule has 8 nitrogen and oxygen atoms in total. The lowest BCUT2D eigenvalue weighted by molar-refractivity contribution is 0.0698. The molecule has 0 N–H and O–H groups in total. The molecule has 1 saturated heterocycles. The number of rotatable bonds is 5. The zero-order valence-electron chi connectivity index (χ0n) is 17.1. The van der Waals surface area contributed by atoms with Gasteiger partial charge in [-0.05, 0) is 38.8 Å². The fourth-order valence-electron chi connectivity index (χ4n) is 3.86. The second kappa shape index (κ2) is 8.08. The number of nitrogens with zero attached hydrogens (tertiary/aromatic N) is 4. The van der Waals surface area contributed by atoms with Crippen LogP contribution in [0.5, 0.6) is 11.5 Å². The molecule has 1 aliphatic rings. The zero-order chi connectivity index (χ0) is 20.4. The SMILES string of the molecule is COc1cccc(C(=O)N2CCCC(c3nn(C)c(=O)n3C(C)C)C2)c1OC. The van der Waals surface area contributed by atoms with Gasteiger partial charge in [-0.25, -0.2) is 9.48 Å². The summed E-state index contributed by atoms with van der Waals surface area (Å²) in [6, 6.07) is 5.31. The smallest absolute Gasteiger partial charge is 0.345 e. The third kappa shape index (κ3) is 3.50. The van der Waals surface area contributed by atoms with E-state index in [1.165, 1.54) is 11.8 Å². The molecule has 152 valence electrons. The van der Waals surface area contributed by atoms with Gasteiger partial charge in [0.15, 0.2) is 11.5 Å². The van der Waals surface area contributed by atoms with Gasteiger partial charge in [-0.3, -0.25) is 9.36 Å². The van der Waals surface area contributed by atoms with E-state index in [1.807, 2.05) is 18.7 Å². The molecule has 0 bridgehead atoms. The minimum Gasteiger partial charge on any atom is -0.493 e. The van der Waals surface area contributed by atoms with E-state index in [9.17, 15) is 9.59 Å². The summed E-state index contributed by atoms with van der Waals surface area (Å²) in [6.45, 7) is 5.12. The van der Waals surface area contributed by atoms with Crippen molar-refractivity contribution in [3.63, 3.8) is 0 Å². The van der Waals surface area contributed by atoms with Crippen LogP contribution in [0.1, 0.15) is 54.8 Å². The molecular weight excluding hydrogens is 360 g/mol. The Hall–Kier alpha value is -2.77. The molecule has 0 radical (unpaired) electrons. The monoisotopic (exact) mass is 388 g/mol. The first-order valence-corrected chi connectivity index (χ1v) is 9.54. The van der Waals surface area contributed by atoms with Crippen LogP contribution in [-0.2, 0) is 7.05 Å². The fraction of sp³-hybridized carbons (Fsp3) is 0.550. The zero-order valence-corrected chi connectivity index (χ0v) is 17.1. The first-order chi connectivity index (χ1) is 13.4. The summed E-state index contributed by atoms with van der Waals surface area (Å²) in [5.41, 5.74) is 0.354. The van der Waals surface area contributed by atoms with Crippen molar-refractivity contribution < 1.29 is 14.3 Å². The van der Waals surface area contributed by atoms with Crippen molar-refractivity contribution in [3.05, 3.63) is 40.1 Å². The van der Waals surface area contributed by atoms with Gasteiger partial charge in [0, 0.05) is 32.1 Å². The third-order valence-electron chi connectivity index (χ3n) is 5.21. The summed E-state index contributed by atoms with van der Waals surface area (Å²) in [5, 5.41) is 4.47. The lowest BCUT2D eigenvalue weighted by Gasteiger charge is -2.33. The van der Waals surface area contributed by atoms with Gasteiger partial charge in [-0.2, -0.15) is 5.10 Å². The van der Waals surface area contributed by atoms with E-state index in [1.54, 1.807) is 36.9 Å². The molecule has 3 rings (SSSR count).